The second kappa shape index (κ2) is 5.87. The molecule has 0 radical (unpaired) electrons. The highest BCUT2D eigenvalue weighted by atomic mass is 16.7. The molecule has 0 saturated carbocycles. The van der Waals surface area contributed by atoms with Crippen molar-refractivity contribution in [2.45, 2.75) is 57.8 Å². The van der Waals surface area contributed by atoms with Gasteiger partial charge in [-0.25, -0.2) is 0 Å². The zero-order valence-corrected chi connectivity index (χ0v) is 13.9. The van der Waals surface area contributed by atoms with E-state index in [2.05, 4.69) is 27.7 Å². The van der Waals surface area contributed by atoms with Gasteiger partial charge >= 0.3 is 7.12 Å². The van der Waals surface area contributed by atoms with Crippen molar-refractivity contribution in [2.24, 2.45) is 0 Å². The van der Waals surface area contributed by atoms with E-state index in [9.17, 15) is 0 Å². The van der Waals surface area contributed by atoms with Crippen LogP contribution in [0.1, 0.15) is 40.5 Å². The lowest BCUT2D eigenvalue weighted by Gasteiger charge is -2.32. The van der Waals surface area contributed by atoms with Gasteiger partial charge in [0, 0.05) is 6.61 Å². The van der Waals surface area contributed by atoms with Crippen molar-refractivity contribution in [3.63, 3.8) is 0 Å². The SMILES string of the molecule is CC1(C)OB(c2cccc(OCC3CCCO3)c2)OC1(C)C. The molecule has 2 heterocycles. The molecule has 0 N–H and O–H groups in total. The lowest BCUT2D eigenvalue weighted by Crippen LogP contribution is -2.41. The fraction of sp³-hybridized carbons (Fsp3) is 0.647. The van der Waals surface area contributed by atoms with Crippen LogP contribution in [-0.2, 0) is 14.0 Å². The Labute approximate surface area is 133 Å². The molecule has 0 aromatic heterocycles. The van der Waals surface area contributed by atoms with Crippen LogP contribution in [0.4, 0.5) is 0 Å². The van der Waals surface area contributed by atoms with Gasteiger partial charge < -0.3 is 18.8 Å². The third-order valence-electron chi connectivity index (χ3n) is 4.84. The van der Waals surface area contributed by atoms with Crippen molar-refractivity contribution in [3.05, 3.63) is 24.3 Å². The first-order valence-electron chi connectivity index (χ1n) is 8.07. The average Bonchev–Trinajstić information content (AvgIpc) is 3.04. The van der Waals surface area contributed by atoms with Crippen molar-refractivity contribution in [1.82, 2.24) is 0 Å². The molecule has 2 saturated heterocycles. The maximum atomic E-state index is 6.08. The van der Waals surface area contributed by atoms with Crippen LogP contribution in [0.3, 0.4) is 0 Å². The Morgan fingerprint density at radius 1 is 1.18 bits per heavy atom. The Kier molecular flexibility index (Phi) is 4.23. The summed E-state index contributed by atoms with van der Waals surface area (Å²) in [7, 11) is -0.351. The minimum Gasteiger partial charge on any atom is -0.491 e. The zero-order valence-electron chi connectivity index (χ0n) is 13.9. The Balaban J connectivity index is 1.66. The van der Waals surface area contributed by atoms with E-state index in [0.717, 1.165) is 30.7 Å². The molecular formula is C17H25BO4. The minimum atomic E-state index is -0.351. The summed E-state index contributed by atoms with van der Waals surface area (Å²) in [5.41, 5.74) is 0.335. The summed E-state index contributed by atoms with van der Waals surface area (Å²) in [4.78, 5) is 0. The van der Waals surface area contributed by atoms with Gasteiger partial charge in [0.15, 0.2) is 0 Å². The maximum absolute atomic E-state index is 6.08. The van der Waals surface area contributed by atoms with Crippen LogP contribution in [0.25, 0.3) is 0 Å². The van der Waals surface area contributed by atoms with Gasteiger partial charge in [0.1, 0.15) is 12.4 Å². The number of hydrogen-bond donors (Lipinski definition) is 0. The van der Waals surface area contributed by atoms with Gasteiger partial charge in [-0.3, -0.25) is 0 Å². The first kappa shape index (κ1) is 15.8. The lowest BCUT2D eigenvalue weighted by atomic mass is 9.79. The molecule has 1 atom stereocenters. The number of benzene rings is 1. The predicted octanol–water partition coefficient (Wildman–Crippen LogP) is 2.54. The zero-order chi connectivity index (χ0) is 15.8. The van der Waals surface area contributed by atoms with Crippen LogP contribution in [0.5, 0.6) is 5.75 Å². The maximum Gasteiger partial charge on any atom is 0.494 e. The lowest BCUT2D eigenvalue weighted by molar-refractivity contribution is 0.00578. The second-order valence-electron chi connectivity index (χ2n) is 7.11. The largest absolute Gasteiger partial charge is 0.494 e. The van der Waals surface area contributed by atoms with Gasteiger partial charge in [-0.1, -0.05) is 12.1 Å². The molecule has 22 heavy (non-hydrogen) atoms. The van der Waals surface area contributed by atoms with E-state index in [1.807, 2.05) is 24.3 Å². The smallest absolute Gasteiger partial charge is 0.491 e. The van der Waals surface area contributed by atoms with E-state index in [0.29, 0.717) is 6.61 Å². The summed E-state index contributed by atoms with van der Waals surface area (Å²) in [5, 5.41) is 0. The van der Waals surface area contributed by atoms with E-state index in [1.165, 1.54) is 0 Å². The van der Waals surface area contributed by atoms with Gasteiger partial charge in [-0.2, -0.15) is 0 Å². The number of ether oxygens (including phenoxy) is 2. The van der Waals surface area contributed by atoms with E-state index >= 15 is 0 Å². The van der Waals surface area contributed by atoms with E-state index < -0.39 is 0 Å². The predicted molar refractivity (Wildman–Crippen MR) is 86.6 cm³/mol. The van der Waals surface area contributed by atoms with Gasteiger partial charge in [-0.15, -0.1) is 0 Å². The highest BCUT2D eigenvalue weighted by Crippen LogP contribution is 2.36. The number of rotatable bonds is 4. The fourth-order valence-corrected chi connectivity index (χ4v) is 2.70. The molecule has 1 unspecified atom stereocenters. The Morgan fingerprint density at radius 2 is 1.91 bits per heavy atom. The summed E-state index contributed by atoms with van der Waals surface area (Å²) in [6.07, 6.45) is 2.43. The Hall–Kier alpha value is -1.04. The number of hydrogen-bond acceptors (Lipinski definition) is 4. The van der Waals surface area contributed by atoms with Crippen LogP contribution < -0.4 is 10.2 Å². The quantitative estimate of drug-likeness (QED) is 0.801. The monoisotopic (exact) mass is 304 g/mol. The highest BCUT2D eigenvalue weighted by molar-refractivity contribution is 6.62. The molecule has 5 heteroatoms. The molecule has 0 bridgehead atoms. The third kappa shape index (κ3) is 3.17. The summed E-state index contributed by atoms with van der Waals surface area (Å²) in [6, 6.07) is 7.95. The molecular weight excluding hydrogens is 279 g/mol. The molecule has 1 aromatic rings. The average molecular weight is 304 g/mol. The van der Waals surface area contributed by atoms with Crippen molar-refractivity contribution in [1.29, 1.82) is 0 Å². The summed E-state index contributed by atoms with van der Waals surface area (Å²) in [6.45, 7) is 9.69. The van der Waals surface area contributed by atoms with Gasteiger partial charge in [0.2, 0.25) is 0 Å². The van der Waals surface area contributed by atoms with Crippen molar-refractivity contribution < 1.29 is 18.8 Å². The fourth-order valence-electron chi connectivity index (χ4n) is 2.70. The molecule has 4 nitrogen and oxygen atoms in total. The van der Waals surface area contributed by atoms with Crippen LogP contribution in [-0.4, -0.2) is 37.6 Å². The van der Waals surface area contributed by atoms with Gasteiger partial charge in [0.25, 0.3) is 0 Å². The molecule has 0 amide bonds. The highest BCUT2D eigenvalue weighted by Gasteiger charge is 2.51. The van der Waals surface area contributed by atoms with Crippen LogP contribution in [0.2, 0.25) is 0 Å². The normalized spacial score (nSPS) is 26.4. The van der Waals surface area contributed by atoms with Crippen molar-refractivity contribution in [3.8, 4) is 5.75 Å². The van der Waals surface area contributed by atoms with E-state index in [4.69, 9.17) is 18.8 Å². The molecule has 2 fully saturated rings. The standard InChI is InChI=1S/C17H25BO4/c1-16(2)17(3,4)22-18(21-16)13-7-5-8-14(11-13)20-12-15-9-6-10-19-15/h5,7-8,11,15H,6,9-10,12H2,1-4H3. The van der Waals surface area contributed by atoms with E-state index in [-0.39, 0.29) is 24.4 Å². The van der Waals surface area contributed by atoms with Crippen molar-refractivity contribution in [2.75, 3.05) is 13.2 Å². The minimum absolute atomic E-state index is 0.223. The summed E-state index contributed by atoms with van der Waals surface area (Å²) >= 11 is 0. The second-order valence-corrected chi connectivity index (χ2v) is 7.11. The van der Waals surface area contributed by atoms with Gasteiger partial charge in [-0.05, 0) is 58.1 Å². The topological polar surface area (TPSA) is 36.9 Å². The van der Waals surface area contributed by atoms with Crippen LogP contribution >= 0.6 is 0 Å². The molecule has 2 aliphatic rings. The molecule has 1 aromatic carbocycles. The Morgan fingerprint density at radius 3 is 2.55 bits per heavy atom. The molecule has 0 spiro atoms. The molecule has 2 aliphatic heterocycles. The summed E-state index contributed by atoms with van der Waals surface area (Å²) in [5.74, 6) is 0.836. The van der Waals surface area contributed by atoms with Crippen molar-refractivity contribution >= 4 is 12.6 Å². The first-order valence-corrected chi connectivity index (χ1v) is 8.07. The van der Waals surface area contributed by atoms with Gasteiger partial charge in [0.05, 0.1) is 17.3 Å². The molecule has 120 valence electrons. The Bertz CT molecular complexity index is 507. The molecule has 0 aliphatic carbocycles. The molecule has 3 rings (SSSR count). The van der Waals surface area contributed by atoms with E-state index in [1.54, 1.807) is 0 Å². The first-order chi connectivity index (χ1) is 10.4. The third-order valence-corrected chi connectivity index (χ3v) is 4.84. The van der Waals surface area contributed by atoms with Crippen LogP contribution in [0.15, 0.2) is 24.3 Å². The van der Waals surface area contributed by atoms with Crippen LogP contribution in [0, 0.1) is 0 Å². The summed E-state index contributed by atoms with van der Waals surface area (Å²) < 4.78 is 23.6.